The lowest BCUT2D eigenvalue weighted by atomic mass is 9.90. The SMILES string of the molecule is CSc1ccc([C@H]2[C@H]3C(=O)N(CC(C)C)C(=O)[C@H]3ON2c2ccccc2)cc1. The number of hydrogen-bond acceptors (Lipinski definition) is 5. The van der Waals surface area contributed by atoms with Crippen LogP contribution in [0.4, 0.5) is 5.69 Å². The summed E-state index contributed by atoms with van der Waals surface area (Å²) in [6, 6.07) is 17.5. The molecule has 2 aromatic rings. The van der Waals surface area contributed by atoms with Crippen LogP contribution in [0.25, 0.3) is 0 Å². The molecule has 2 heterocycles. The maximum atomic E-state index is 13.2. The van der Waals surface area contributed by atoms with Gasteiger partial charge in [0.1, 0.15) is 5.92 Å². The molecule has 0 bridgehead atoms. The van der Waals surface area contributed by atoms with Crippen LogP contribution in [-0.2, 0) is 14.4 Å². The lowest BCUT2D eigenvalue weighted by molar-refractivity contribution is -0.143. The Morgan fingerprint density at radius 3 is 2.29 bits per heavy atom. The first-order valence-electron chi connectivity index (χ1n) is 9.51. The van der Waals surface area contributed by atoms with Gasteiger partial charge in [0.25, 0.3) is 5.91 Å². The topological polar surface area (TPSA) is 49.9 Å². The molecule has 2 amide bonds. The highest BCUT2D eigenvalue weighted by Gasteiger charge is 2.59. The van der Waals surface area contributed by atoms with Gasteiger partial charge in [-0.3, -0.25) is 19.3 Å². The number of carbonyl (C=O) groups is 2. The Morgan fingerprint density at radius 2 is 1.68 bits per heavy atom. The second-order valence-corrected chi connectivity index (χ2v) is 8.49. The number of thioether (sulfide) groups is 1. The first kappa shape index (κ1) is 19.0. The molecule has 0 radical (unpaired) electrons. The summed E-state index contributed by atoms with van der Waals surface area (Å²) in [7, 11) is 0. The maximum absolute atomic E-state index is 13.2. The van der Waals surface area contributed by atoms with Crippen LogP contribution in [0, 0.1) is 11.8 Å². The summed E-state index contributed by atoms with van der Waals surface area (Å²) in [6.45, 7) is 4.44. The molecule has 28 heavy (non-hydrogen) atoms. The molecule has 4 rings (SSSR count). The van der Waals surface area contributed by atoms with E-state index in [4.69, 9.17) is 4.84 Å². The first-order chi connectivity index (χ1) is 13.5. The van der Waals surface area contributed by atoms with Crippen molar-refractivity contribution in [3.05, 3.63) is 60.2 Å². The summed E-state index contributed by atoms with van der Waals surface area (Å²) in [4.78, 5) is 34.8. The third-order valence-corrected chi connectivity index (χ3v) is 5.97. The number of likely N-dealkylation sites (tertiary alicyclic amines) is 1. The summed E-state index contributed by atoms with van der Waals surface area (Å²) in [5.74, 6) is -0.684. The van der Waals surface area contributed by atoms with Gasteiger partial charge in [-0.15, -0.1) is 11.8 Å². The number of rotatable bonds is 5. The van der Waals surface area contributed by atoms with Gasteiger partial charge in [-0.2, -0.15) is 0 Å². The van der Waals surface area contributed by atoms with Crippen LogP contribution >= 0.6 is 11.8 Å². The zero-order chi connectivity index (χ0) is 19.8. The summed E-state index contributed by atoms with van der Waals surface area (Å²) < 4.78 is 0. The Balaban J connectivity index is 1.74. The van der Waals surface area contributed by atoms with E-state index in [0.29, 0.717) is 6.54 Å². The molecule has 0 spiro atoms. The van der Waals surface area contributed by atoms with Crippen molar-refractivity contribution in [2.75, 3.05) is 17.9 Å². The zero-order valence-electron chi connectivity index (χ0n) is 16.2. The third-order valence-electron chi connectivity index (χ3n) is 5.22. The average Bonchev–Trinajstić information content (AvgIpc) is 3.21. The van der Waals surface area contributed by atoms with Gasteiger partial charge in [-0.25, -0.2) is 5.06 Å². The van der Waals surface area contributed by atoms with Gasteiger partial charge in [-0.1, -0.05) is 44.2 Å². The van der Waals surface area contributed by atoms with Gasteiger partial charge >= 0.3 is 0 Å². The van der Waals surface area contributed by atoms with E-state index in [1.165, 1.54) is 4.90 Å². The number of nitrogens with zero attached hydrogens (tertiary/aromatic N) is 2. The Morgan fingerprint density at radius 1 is 1.00 bits per heavy atom. The number of anilines is 1. The molecule has 3 atom stereocenters. The number of fused-ring (bicyclic) bond motifs is 1. The van der Waals surface area contributed by atoms with Crippen LogP contribution < -0.4 is 5.06 Å². The predicted octanol–water partition coefficient (Wildman–Crippen LogP) is 3.91. The monoisotopic (exact) mass is 396 g/mol. The average molecular weight is 397 g/mol. The van der Waals surface area contributed by atoms with E-state index in [2.05, 4.69) is 0 Å². The Labute approximate surface area is 169 Å². The molecule has 146 valence electrons. The zero-order valence-corrected chi connectivity index (χ0v) is 17.1. The largest absolute Gasteiger partial charge is 0.280 e. The molecule has 2 aliphatic rings. The van der Waals surface area contributed by atoms with Crippen LogP contribution in [0.5, 0.6) is 0 Å². The van der Waals surface area contributed by atoms with Crippen molar-refractivity contribution in [2.24, 2.45) is 11.8 Å². The number of imide groups is 1. The highest BCUT2D eigenvalue weighted by molar-refractivity contribution is 7.98. The van der Waals surface area contributed by atoms with Crippen molar-refractivity contribution < 1.29 is 14.4 Å². The smallest absolute Gasteiger partial charge is 0.262 e. The number of amides is 2. The summed E-state index contributed by atoms with van der Waals surface area (Å²) in [5, 5.41) is 1.74. The highest BCUT2D eigenvalue weighted by atomic mass is 32.2. The van der Waals surface area contributed by atoms with E-state index >= 15 is 0 Å². The van der Waals surface area contributed by atoms with Crippen molar-refractivity contribution in [3.8, 4) is 0 Å². The van der Waals surface area contributed by atoms with Crippen LogP contribution in [0.1, 0.15) is 25.5 Å². The second-order valence-electron chi connectivity index (χ2n) is 7.61. The molecule has 0 aliphatic carbocycles. The molecular formula is C22H24N2O3S. The second kappa shape index (κ2) is 7.60. The van der Waals surface area contributed by atoms with Crippen molar-refractivity contribution in [1.82, 2.24) is 4.90 Å². The maximum Gasteiger partial charge on any atom is 0.262 e. The lowest BCUT2D eigenvalue weighted by Crippen LogP contribution is -2.39. The van der Waals surface area contributed by atoms with E-state index in [9.17, 15) is 9.59 Å². The van der Waals surface area contributed by atoms with E-state index in [1.54, 1.807) is 16.8 Å². The molecule has 0 N–H and O–H groups in total. The lowest BCUT2D eigenvalue weighted by Gasteiger charge is -2.29. The van der Waals surface area contributed by atoms with E-state index in [0.717, 1.165) is 16.1 Å². The quantitative estimate of drug-likeness (QED) is 0.567. The molecule has 0 saturated carbocycles. The fraction of sp³-hybridized carbons (Fsp3) is 0.364. The van der Waals surface area contributed by atoms with Gasteiger partial charge in [0, 0.05) is 11.4 Å². The van der Waals surface area contributed by atoms with Gasteiger partial charge in [0.15, 0.2) is 6.10 Å². The Bertz CT molecular complexity index is 869. The molecule has 2 aromatic carbocycles. The summed E-state index contributed by atoms with van der Waals surface area (Å²) >= 11 is 1.67. The van der Waals surface area contributed by atoms with Crippen molar-refractivity contribution in [3.63, 3.8) is 0 Å². The molecular weight excluding hydrogens is 372 g/mol. The summed E-state index contributed by atoms with van der Waals surface area (Å²) in [6.07, 6.45) is 1.26. The fourth-order valence-corrected chi connectivity index (χ4v) is 4.36. The van der Waals surface area contributed by atoms with E-state index < -0.39 is 12.0 Å². The van der Waals surface area contributed by atoms with E-state index in [1.807, 2.05) is 74.7 Å². The van der Waals surface area contributed by atoms with Crippen molar-refractivity contribution in [2.45, 2.75) is 30.9 Å². The standard InChI is InChI=1S/C22H24N2O3S/c1-14(2)13-23-21(25)18-19(15-9-11-17(28-3)12-10-15)24(27-20(18)22(23)26)16-7-5-4-6-8-16/h4-12,14,18-20H,13H2,1-3H3/t18-,19+,20+/m1/s1. The number of para-hydroxylation sites is 1. The number of hydrogen-bond donors (Lipinski definition) is 0. The van der Waals surface area contributed by atoms with Gasteiger partial charge in [0.05, 0.1) is 11.7 Å². The van der Waals surface area contributed by atoms with Crippen LogP contribution in [0.3, 0.4) is 0 Å². The van der Waals surface area contributed by atoms with E-state index in [-0.39, 0.29) is 23.8 Å². The number of carbonyl (C=O) groups excluding carboxylic acids is 2. The summed E-state index contributed by atoms with van der Waals surface area (Å²) in [5.41, 5.74) is 1.81. The normalized spacial score (nSPS) is 24.4. The van der Waals surface area contributed by atoms with Crippen LogP contribution in [-0.4, -0.2) is 35.6 Å². The minimum atomic E-state index is -0.767. The third kappa shape index (κ3) is 3.20. The van der Waals surface area contributed by atoms with Crippen LogP contribution in [0.2, 0.25) is 0 Å². The molecule has 2 aliphatic heterocycles. The minimum Gasteiger partial charge on any atom is -0.280 e. The van der Waals surface area contributed by atoms with Crippen molar-refractivity contribution in [1.29, 1.82) is 0 Å². The van der Waals surface area contributed by atoms with Gasteiger partial charge in [-0.05, 0) is 42.0 Å². The minimum absolute atomic E-state index is 0.138. The fourth-order valence-electron chi connectivity index (χ4n) is 3.96. The molecule has 2 saturated heterocycles. The van der Waals surface area contributed by atoms with Gasteiger partial charge < -0.3 is 0 Å². The van der Waals surface area contributed by atoms with Gasteiger partial charge in [0.2, 0.25) is 5.91 Å². The number of hydroxylamine groups is 1. The van der Waals surface area contributed by atoms with Crippen molar-refractivity contribution >= 4 is 29.3 Å². The highest BCUT2D eigenvalue weighted by Crippen LogP contribution is 2.46. The molecule has 2 fully saturated rings. The molecule has 5 nitrogen and oxygen atoms in total. The predicted molar refractivity (Wildman–Crippen MR) is 110 cm³/mol. The number of benzene rings is 2. The molecule has 0 unspecified atom stereocenters. The van der Waals surface area contributed by atoms with Crippen LogP contribution in [0.15, 0.2) is 59.5 Å². The Kier molecular flexibility index (Phi) is 5.17. The molecule has 0 aromatic heterocycles. The Hall–Kier alpha value is -2.31. The molecule has 6 heteroatoms. The first-order valence-corrected chi connectivity index (χ1v) is 10.7.